The van der Waals surface area contributed by atoms with Crippen LogP contribution in [0.4, 0.5) is 0 Å². The maximum Gasteiger partial charge on any atom is 0.0396 e. The molecule has 0 saturated carbocycles. The van der Waals surface area contributed by atoms with Crippen LogP contribution in [-0.2, 0) is 0 Å². The molecule has 0 amide bonds. The van der Waals surface area contributed by atoms with Crippen molar-refractivity contribution in [2.75, 3.05) is 12.5 Å². The zero-order valence-electron chi connectivity index (χ0n) is 14.7. The van der Waals surface area contributed by atoms with Crippen molar-refractivity contribution >= 4 is 23.5 Å². The Morgan fingerprint density at radius 3 is 1.27 bits per heavy atom. The third kappa shape index (κ3) is 4.77. The number of rotatable bonds is 2. The molecule has 0 radical (unpaired) electrons. The molecule has 0 saturated heterocycles. The maximum absolute atomic E-state index is 3.32. The Labute approximate surface area is 164 Å². The topological polar surface area (TPSA) is 0 Å². The predicted octanol–water partition coefficient (Wildman–Crippen LogP) is 5.93. The van der Waals surface area contributed by atoms with Crippen molar-refractivity contribution < 1.29 is 0 Å². The van der Waals surface area contributed by atoms with Crippen LogP contribution < -0.4 is 0 Å². The monoisotopic (exact) mass is 370 g/mol. The lowest BCUT2D eigenvalue weighted by Gasteiger charge is -2.07. The molecule has 3 aromatic carbocycles. The van der Waals surface area contributed by atoms with Crippen molar-refractivity contribution in [3.63, 3.8) is 0 Å². The van der Waals surface area contributed by atoms with Crippen LogP contribution in [-0.4, -0.2) is 12.5 Å². The van der Waals surface area contributed by atoms with Crippen molar-refractivity contribution in [1.82, 2.24) is 0 Å². The molecule has 0 fully saturated rings. The van der Waals surface area contributed by atoms with Gasteiger partial charge in [-0.1, -0.05) is 60.1 Å². The fourth-order valence-corrected chi connectivity index (χ4v) is 3.55. The first-order valence-corrected chi connectivity index (χ1v) is 10.7. The van der Waals surface area contributed by atoms with Gasteiger partial charge in [0.1, 0.15) is 0 Å². The minimum Gasteiger partial charge on any atom is -0.128 e. The van der Waals surface area contributed by atoms with Crippen LogP contribution in [0.1, 0.15) is 22.3 Å². The average molecular weight is 371 g/mol. The van der Waals surface area contributed by atoms with Gasteiger partial charge in [0.25, 0.3) is 0 Å². The average Bonchev–Trinajstić information content (AvgIpc) is 2.72. The molecule has 0 bridgehead atoms. The highest BCUT2D eigenvalue weighted by molar-refractivity contribution is 7.99. The Balaban J connectivity index is 1.99. The smallest absolute Gasteiger partial charge is 0.0396 e. The number of thioether (sulfide) groups is 2. The van der Waals surface area contributed by atoms with Gasteiger partial charge in [0.15, 0.2) is 0 Å². The molecule has 3 aromatic rings. The summed E-state index contributed by atoms with van der Waals surface area (Å²) in [6, 6.07) is 24.5. The SMILES string of the molecule is CSc1cc(C#Cc2ccccc2)c(SC)cc1C#Cc1ccccc1. The molecule has 0 heterocycles. The summed E-state index contributed by atoms with van der Waals surface area (Å²) in [5.41, 5.74) is 4.16. The molecule has 0 aliphatic rings. The molecule has 0 aliphatic carbocycles. The van der Waals surface area contributed by atoms with E-state index in [0.717, 1.165) is 32.0 Å². The van der Waals surface area contributed by atoms with Gasteiger partial charge < -0.3 is 0 Å². The number of benzene rings is 3. The van der Waals surface area contributed by atoms with Crippen LogP contribution in [0.25, 0.3) is 0 Å². The van der Waals surface area contributed by atoms with Crippen LogP contribution >= 0.6 is 23.5 Å². The summed E-state index contributed by atoms with van der Waals surface area (Å²) in [6.45, 7) is 0. The van der Waals surface area contributed by atoms with E-state index in [0.29, 0.717) is 0 Å². The quantitative estimate of drug-likeness (QED) is 0.405. The van der Waals surface area contributed by atoms with E-state index in [4.69, 9.17) is 0 Å². The first kappa shape index (κ1) is 18.3. The van der Waals surface area contributed by atoms with E-state index < -0.39 is 0 Å². The highest BCUT2D eigenvalue weighted by Crippen LogP contribution is 2.29. The predicted molar refractivity (Wildman–Crippen MR) is 115 cm³/mol. The van der Waals surface area contributed by atoms with Crippen LogP contribution in [0, 0.1) is 23.7 Å². The van der Waals surface area contributed by atoms with E-state index in [1.54, 1.807) is 23.5 Å². The Hall–Kier alpha value is -2.52. The van der Waals surface area contributed by atoms with Crippen LogP contribution in [0.15, 0.2) is 82.6 Å². The maximum atomic E-state index is 3.32. The molecular formula is C24H18S2. The second-order valence-electron chi connectivity index (χ2n) is 5.48. The molecule has 126 valence electrons. The summed E-state index contributed by atoms with van der Waals surface area (Å²) >= 11 is 3.41. The van der Waals surface area contributed by atoms with Crippen molar-refractivity contribution in [2.45, 2.75) is 9.79 Å². The highest BCUT2D eigenvalue weighted by Gasteiger charge is 2.06. The Kier molecular flexibility index (Phi) is 6.50. The van der Waals surface area contributed by atoms with Gasteiger partial charge in [-0.2, -0.15) is 0 Å². The summed E-state index contributed by atoms with van der Waals surface area (Å²) in [4.78, 5) is 2.31. The van der Waals surface area contributed by atoms with Crippen molar-refractivity contribution in [1.29, 1.82) is 0 Å². The third-order valence-electron chi connectivity index (χ3n) is 3.75. The van der Waals surface area contributed by atoms with E-state index in [2.05, 4.69) is 48.3 Å². The van der Waals surface area contributed by atoms with Gasteiger partial charge in [-0.25, -0.2) is 0 Å². The third-order valence-corrected chi connectivity index (χ3v) is 5.31. The van der Waals surface area contributed by atoms with E-state index in [1.807, 2.05) is 60.7 Å². The van der Waals surface area contributed by atoms with E-state index >= 15 is 0 Å². The summed E-state index contributed by atoms with van der Waals surface area (Å²) in [5, 5.41) is 0. The van der Waals surface area contributed by atoms with E-state index in [1.165, 1.54) is 0 Å². The van der Waals surface area contributed by atoms with Gasteiger partial charge >= 0.3 is 0 Å². The minimum atomic E-state index is 1.03. The zero-order chi connectivity index (χ0) is 18.2. The van der Waals surface area contributed by atoms with Gasteiger partial charge in [-0.15, -0.1) is 23.5 Å². The molecule has 0 unspecified atom stereocenters. The fraction of sp³-hybridized carbons (Fsp3) is 0.0833. The summed E-state index contributed by atoms with van der Waals surface area (Å²) in [5.74, 6) is 13.2. The molecular weight excluding hydrogens is 352 g/mol. The Morgan fingerprint density at radius 1 is 0.538 bits per heavy atom. The largest absolute Gasteiger partial charge is 0.128 e. The zero-order valence-corrected chi connectivity index (χ0v) is 16.4. The standard InChI is InChI=1S/C24H18S2/c1-25-23-17-22(16-14-20-11-7-4-8-12-20)24(26-2)18-21(23)15-13-19-9-5-3-6-10-19/h3-12,17-18H,1-2H3. The van der Waals surface area contributed by atoms with Crippen molar-refractivity contribution in [2.24, 2.45) is 0 Å². The highest BCUT2D eigenvalue weighted by atomic mass is 32.2. The molecule has 0 nitrogen and oxygen atoms in total. The molecule has 26 heavy (non-hydrogen) atoms. The second-order valence-corrected chi connectivity index (χ2v) is 7.18. The molecule has 3 rings (SSSR count). The van der Waals surface area contributed by atoms with Crippen LogP contribution in [0.2, 0.25) is 0 Å². The second kappa shape index (κ2) is 9.25. The number of hydrogen-bond donors (Lipinski definition) is 0. The Morgan fingerprint density at radius 2 is 0.923 bits per heavy atom. The minimum absolute atomic E-state index is 1.03. The fourth-order valence-electron chi connectivity index (χ4n) is 2.42. The van der Waals surface area contributed by atoms with Gasteiger partial charge in [0.05, 0.1) is 0 Å². The number of hydrogen-bond acceptors (Lipinski definition) is 2. The first-order chi connectivity index (χ1) is 12.8. The molecule has 0 aliphatic heterocycles. The molecule has 0 aromatic heterocycles. The summed E-state index contributed by atoms with van der Waals surface area (Å²) < 4.78 is 0. The van der Waals surface area contributed by atoms with Crippen LogP contribution in [0.3, 0.4) is 0 Å². The molecule has 0 N–H and O–H groups in total. The van der Waals surface area contributed by atoms with Gasteiger partial charge in [0.2, 0.25) is 0 Å². The normalized spacial score (nSPS) is 9.62. The van der Waals surface area contributed by atoms with Gasteiger partial charge in [-0.3, -0.25) is 0 Å². The molecule has 0 atom stereocenters. The lowest BCUT2D eigenvalue weighted by molar-refractivity contribution is 1.29. The van der Waals surface area contributed by atoms with Gasteiger partial charge in [-0.05, 0) is 48.9 Å². The lowest BCUT2D eigenvalue weighted by atomic mass is 10.1. The van der Waals surface area contributed by atoms with E-state index in [-0.39, 0.29) is 0 Å². The van der Waals surface area contributed by atoms with Crippen molar-refractivity contribution in [3.05, 3.63) is 95.1 Å². The van der Waals surface area contributed by atoms with Crippen LogP contribution in [0.5, 0.6) is 0 Å². The van der Waals surface area contributed by atoms with Gasteiger partial charge in [0, 0.05) is 32.0 Å². The molecule has 0 spiro atoms. The summed E-state index contributed by atoms with van der Waals surface area (Å²) in [7, 11) is 0. The first-order valence-electron chi connectivity index (χ1n) is 8.20. The van der Waals surface area contributed by atoms with Crippen molar-refractivity contribution in [3.8, 4) is 23.7 Å². The molecule has 2 heteroatoms. The summed E-state index contributed by atoms with van der Waals surface area (Å²) in [6.07, 6.45) is 4.16. The van der Waals surface area contributed by atoms with E-state index in [9.17, 15) is 0 Å². The lowest BCUT2D eigenvalue weighted by Crippen LogP contribution is -1.89. The Bertz CT molecular complexity index is 913.